The molecule has 1 aliphatic rings. The summed E-state index contributed by atoms with van der Waals surface area (Å²) in [6.45, 7) is -0.624. The van der Waals surface area contributed by atoms with E-state index in [2.05, 4.69) is 4.99 Å². The molecule has 0 spiro atoms. The number of ether oxygens (including phenoxy) is 1. The lowest BCUT2D eigenvalue weighted by atomic mass is 10.0. The summed E-state index contributed by atoms with van der Waals surface area (Å²) in [5.41, 5.74) is 7.10. The second-order valence-corrected chi connectivity index (χ2v) is 4.83. The Kier molecular flexibility index (Phi) is 5.03. The summed E-state index contributed by atoms with van der Waals surface area (Å²) in [6.07, 6.45) is 0.171. The maximum absolute atomic E-state index is 12.0. The monoisotopic (exact) mass is 303 g/mol. The van der Waals surface area contributed by atoms with Crippen LogP contribution in [0.4, 0.5) is 11.4 Å². The van der Waals surface area contributed by atoms with Gasteiger partial charge in [0.1, 0.15) is 18.5 Å². The average molecular weight is 303 g/mol. The van der Waals surface area contributed by atoms with Crippen molar-refractivity contribution in [3.63, 3.8) is 0 Å². The van der Waals surface area contributed by atoms with Crippen molar-refractivity contribution < 1.29 is 19.7 Å². The van der Waals surface area contributed by atoms with Crippen LogP contribution in [0.15, 0.2) is 41.1 Å². The highest BCUT2D eigenvalue weighted by Gasteiger charge is 2.23. The first kappa shape index (κ1) is 15.9. The van der Waals surface area contributed by atoms with Gasteiger partial charge in [-0.05, 0) is 24.3 Å². The molecule has 5 N–H and O–H groups in total. The van der Waals surface area contributed by atoms with Crippen molar-refractivity contribution in [3.05, 3.63) is 36.1 Å². The van der Waals surface area contributed by atoms with Gasteiger partial charge in [0.05, 0.1) is 23.7 Å². The van der Waals surface area contributed by atoms with Gasteiger partial charge in [-0.1, -0.05) is 0 Å². The fourth-order valence-corrected chi connectivity index (χ4v) is 1.80. The average Bonchev–Trinajstić information content (AvgIpc) is 2.51. The van der Waals surface area contributed by atoms with Crippen molar-refractivity contribution in [2.45, 2.75) is 12.5 Å². The van der Waals surface area contributed by atoms with Gasteiger partial charge in [0.2, 0.25) is 5.78 Å². The van der Waals surface area contributed by atoms with Gasteiger partial charge in [-0.3, -0.25) is 4.79 Å². The zero-order valence-electron chi connectivity index (χ0n) is 11.8. The molecule has 0 aliphatic heterocycles. The van der Waals surface area contributed by atoms with E-state index in [1.54, 1.807) is 24.3 Å². The Balaban J connectivity index is 2.12. The van der Waals surface area contributed by atoms with Crippen molar-refractivity contribution in [3.8, 4) is 0 Å². The molecule has 0 amide bonds. The summed E-state index contributed by atoms with van der Waals surface area (Å²) in [5, 5.41) is 25.8. The number of benzene rings is 1. The van der Waals surface area contributed by atoms with E-state index in [1.165, 1.54) is 6.08 Å². The van der Waals surface area contributed by atoms with Gasteiger partial charge < -0.3 is 26.1 Å². The molecule has 0 aromatic heterocycles. The van der Waals surface area contributed by atoms with Gasteiger partial charge in [0, 0.05) is 18.2 Å². The fraction of sp³-hybridized carbons (Fsp3) is 0.267. The van der Waals surface area contributed by atoms with Crippen LogP contribution in [0.3, 0.4) is 0 Å². The SMILES string of the molecule is N=C1CC(=Nc2ccc(N)cc2)C(=O)C=C1OCC(O)CO. The van der Waals surface area contributed by atoms with Crippen LogP contribution in [0, 0.1) is 5.41 Å². The number of allylic oxidation sites excluding steroid dienone is 2. The molecule has 2 rings (SSSR count). The molecule has 0 fully saturated rings. The van der Waals surface area contributed by atoms with Crippen LogP contribution < -0.4 is 5.73 Å². The van der Waals surface area contributed by atoms with Gasteiger partial charge in [-0.2, -0.15) is 0 Å². The molecule has 1 aromatic carbocycles. The number of nitrogens with two attached hydrogens (primary N) is 1. The first-order valence-corrected chi connectivity index (χ1v) is 6.68. The van der Waals surface area contributed by atoms with Crippen molar-refractivity contribution >= 4 is 28.6 Å². The largest absolute Gasteiger partial charge is 0.489 e. The van der Waals surface area contributed by atoms with Gasteiger partial charge in [-0.15, -0.1) is 0 Å². The normalized spacial score (nSPS) is 18.3. The minimum atomic E-state index is -1.05. The van der Waals surface area contributed by atoms with E-state index >= 15 is 0 Å². The Morgan fingerprint density at radius 2 is 2.05 bits per heavy atom. The molecule has 7 nitrogen and oxygen atoms in total. The van der Waals surface area contributed by atoms with Gasteiger partial charge in [0.25, 0.3) is 0 Å². The van der Waals surface area contributed by atoms with Crippen LogP contribution in [0.2, 0.25) is 0 Å². The van der Waals surface area contributed by atoms with Crippen LogP contribution >= 0.6 is 0 Å². The van der Waals surface area contributed by atoms with E-state index in [0.29, 0.717) is 11.4 Å². The van der Waals surface area contributed by atoms with Crippen LogP contribution in [0.1, 0.15) is 6.42 Å². The van der Waals surface area contributed by atoms with Crippen LogP contribution in [0.5, 0.6) is 0 Å². The molecular weight excluding hydrogens is 286 g/mol. The van der Waals surface area contributed by atoms with E-state index < -0.39 is 12.7 Å². The molecule has 116 valence electrons. The van der Waals surface area contributed by atoms with Crippen LogP contribution in [-0.2, 0) is 9.53 Å². The van der Waals surface area contributed by atoms with E-state index in [1.807, 2.05) is 0 Å². The topological polar surface area (TPSA) is 129 Å². The third-order valence-electron chi connectivity index (χ3n) is 2.99. The van der Waals surface area contributed by atoms with E-state index in [4.69, 9.17) is 21.0 Å². The van der Waals surface area contributed by atoms with Crippen molar-refractivity contribution in [1.82, 2.24) is 0 Å². The number of hydrogen-bond acceptors (Lipinski definition) is 7. The second kappa shape index (κ2) is 6.97. The zero-order chi connectivity index (χ0) is 16.1. The number of nitrogens with one attached hydrogen (secondary N) is 1. The molecule has 1 unspecified atom stereocenters. The Morgan fingerprint density at radius 1 is 1.36 bits per heavy atom. The fourth-order valence-electron chi connectivity index (χ4n) is 1.80. The molecule has 1 atom stereocenters. The lowest BCUT2D eigenvalue weighted by Crippen LogP contribution is -2.27. The second-order valence-electron chi connectivity index (χ2n) is 4.83. The molecule has 1 aromatic rings. The lowest BCUT2D eigenvalue weighted by Gasteiger charge is -2.17. The predicted octanol–water partition coefficient (Wildman–Crippen LogP) is 0.588. The number of hydrogen-bond donors (Lipinski definition) is 4. The van der Waals surface area contributed by atoms with Crippen molar-refractivity contribution in [2.75, 3.05) is 18.9 Å². The minimum absolute atomic E-state index is 0.0459. The number of carbonyl (C=O) groups excluding carboxylic acids is 1. The Morgan fingerprint density at radius 3 is 2.68 bits per heavy atom. The Hall–Kier alpha value is -2.51. The van der Waals surface area contributed by atoms with E-state index in [9.17, 15) is 9.90 Å². The van der Waals surface area contributed by atoms with Gasteiger partial charge in [0.15, 0.2) is 0 Å². The summed E-state index contributed by atoms with van der Waals surface area (Å²) >= 11 is 0. The van der Waals surface area contributed by atoms with Gasteiger partial charge in [-0.25, -0.2) is 4.99 Å². The number of aliphatic hydroxyl groups is 2. The summed E-state index contributed by atoms with van der Waals surface area (Å²) in [6, 6.07) is 6.73. The lowest BCUT2D eigenvalue weighted by molar-refractivity contribution is -0.109. The summed E-state index contributed by atoms with van der Waals surface area (Å²) < 4.78 is 5.17. The molecular formula is C15H17N3O4. The Bertz CT molecular complexity index is 635. The third kappa shape index (κ3) is 4.00. The standard InChI is InChI=1S/C15H17N3O4/c16-9-1-3-10(4-2-9)18-13-5-12(17)15(6-14(13)21)22-8-11(20)7-19/h1-4,6,11,17,19-20H,5,7-8,16H2. The highest BCUT2D eigenvalue weighted by Crippen LogP contribution is 2.18. The summed E-state index contributed by atoms with van der Waals surface area (Å²) in [4.78, 5) is 16.2. The maximum Gasteiger partial charge on any atom is 0.204 e. The maximum atomic E-state index is 12.0. The van der Waals surface area contributed by atoms with Crippen LogP contribution in [-0.4, -0.2) is 46.7 Å². The highest BCUT2D eigenvalue weighted by atomic mass is 16.5. The molecule has 0 saturated carbocycles. The number of nitrogens with zero attached hydrogens (tertiary/aromatic N) is 1. The van der Waals surface area contributed by atoms with Crippen molar-refractivity contribution in [1.29, 1.82) is 5.41 Å². The number of rotatable bonds is 5. The van der Waals surface area contributed by atoms with E-state index in [0.717, 1.165) is 0 Å². The number of anilines is 1. The molecule has 0 radical (unpaired) electrons. The molecule has 0 saturated heterocycles. The highest BCUT2D eigenvalue weighted by molar-refractivity contribution is 6.50. The molecule has 1 aliphatic carbocycles. The number of ketones is 1. The van der Waals surface area contributed by atoms with Gasteiger partial charge >= 0.3 is 0 Å². The summed E-state index contributed by atoms with van der Waals surface area (Å²) in [5.74, 6) is -0.255. The first-order chi connectivity index (χ1) is 10.5. The predicted molar refractivity (Wildman–Crippen MR) is 82.4 cm³/mol. The smallest absolute Gasteiger partial charge is 0.204 e. The summed E-state index contributed by atoms with van der Waals surface area (Å²) in [7, 11) is 0. The third-order valence-corrected chi connectivity index (χ3v) is 2.99. The number of aliphatic hydroxyl groups excluding tert-OH is 2. The molecule has 0 heterocycles. The quantitative estimate of drug-likeness (QED) is 0.592. The number of aliphatic imine (C=N–C) groups is 1. The minimum Gasteiger partial charge on any atom is -0.489 e. The molecule has 7 heteroatoms. The van der Waals surface area contributed by atoms with Crippen molar-refractivity contribution in [2.24, 2.45) is 4.99 Å². The number of carbonyl (C=O) groups is 1. The zero-order valence-corrected chi connectivity index (χ0v) is 11.8. The molecule has 22 heavy (non-hydrogen) atoms. The Labute approximate surface area is 127 Å². The molecule has 0 bridgehead atoms. The number of nitrogen functional groups attached to an aromatic ring is 1. The van der Waals surface area contributed by atoms with Crippen LogP contribution in [0.25, 0.3) is 0 Å². The first-order valence-electron chi connectivity index (χ1n) is 6.68. The van der Waals surface area contributed by atoms with E-state index in [-0.39, 0.29) is 36.0 Å².